The van der Waals surface area contributed by atoms with E-state index in [2.05, 4.69) is 15.5 Å². The van der Waals surface area contributed by atoms with E-state index in [1.807, 2.05) is 18.2 Å². The van der Waals surface area contributed by atoms with E-state index in [4.69, 9.17) is 9.47 Å². The predicted octanol–water partition coefficient (Wildman–Crippen LogP) is 2.73. The third-order valence-electron chi connectivity index (χ3n) is 3.18. The Kier molecular flexibility index (Phi) is 5.24. The Morgan fingerprint density at radius 1 is 1.15 bits per heavy atom. The topological polar surface area (TPSA) is 55.2 Å². The summed E-state index contributed by atoms with van der Waals surface area (Å²) in [7, 11) is 0. The van der Waals surface area contributed by atoms with E-state index in [9.17, 15) is 0 Å². The van der Waals surface area contributed by atoms with Gasteiger partial charge in [0.05, 0.1) is 6.21 Å². The molecule has 0 bridgehead atoms. The van der Waals surface area contributed by atoms with Gasteiger partial charge in [0.15, 0.2) is 11.5 Å². The molecule has 0 aromatic heterocycles. The third kappa shape index (κ3) is 3.63. The highest BCUT2D eigenvalue weighted by atomic mass is 35.5. The fourth-order valence-electron chi connectivity index (χ4n) is 2.14. The molecule has 1 aromatic carbocycles. The number of amidine groups is 1. The second-order valence-electron chi connectivity index (χ2n) is 4.62. The van der Waals surface area contributed by atoms with Gasteiger partial charge in [0.2, 0.25) is 6.79 Å². The summed E-state index contributed by atoms with van der Waals surface area (Å²) in [6, 6.07) is 5.77. The van der Waals surface area contributed by atoms with Crippen LogP contribution in [0.5, 0.6) is 11.5 Å². The fourth-order valence-corrected chi connectivity index (χ4v) is 2.14. The summed E-state index contributed by atoms with van der Waals surface area (Å²) in [6.45, 7) is 1.20. The molecule has 0 saturated heterocycles. The summed E-state index contributed by atoms with van der Waals surface area (Å²) in [5.74, 6) is 2.54. The average molecular weight is 296 g/mol. The Bertz CT molecular complexity index is 517. The Morgan fingerprint density at radius 2 is 2.05 bits per heavy atom. The highest BCUT2D eigenvalue weighted by Crippen LogP contribution is 2.31. The zero-order valence-corrected chi connectivity index (χ0v) is 12.0. The van der Waals surface area contributed by atoms with Crippen LogP contribution in [0.25, 0.3) is 0 Å². The lowest BCUT2D eigenvalue weighted by atomic mass is 10.2. The van der Waals surface area contributed by atoms with Gasteiger partial charge in [0.1, 0.15) is 5.84 Å². The molecule has 0 aliphatic carbocycles. The van der Waals surface area contributed by atoms with Gasteiger partial charge in [-0.25, -0.2) is 0 Å². The molecule has 2 aliphatic heterocycles. The Labute approximate surface area is 124 Å². The highest BCUT2D eigenvalue weighted by molar-refractivity contribution is 5.86. The van der Waals surface area contributed by atoms with Gasteiger partial charge in [-0.05, 0) is 36.6 Å². The molecule has 0 saturated carbocycles. The number of fused-ring (bicyclic) bond motifs is 1. The maximum atomic E-state index is 5.32. The lowest BCUT2D eigenvalue weighted by Crippen LogP contribution is -2.17. The maximum absolute atomic E-state index is 5.32. The van der Waals surface area contributed by atoms with Gasteiger partial charge in [-0.15, -0.1) is 12.4 Å². The lowest BCUT2D eigenvalue weighted by Gasteiger charge is -2.02. The van der Waals surface area contributed by atoms with Crippen LogP contribution < -0.4 is 14.9 Å². The summed E-state index contributed by atoms with van der Waals surface area (Å²) in [4.78, 5) is 4.46. The number of aliphatic imine (C=N–C) groups is 1. The summed E-state index contributed by atoms with van der Waals surface area (Å²) < 4.78 is 10.6. The van der Waals surface area contributed by atoms with E-state index in [0.717, 1.165) is 35.9 Å². The molecule has 2 aliphatic rings. The fraction of sp³-hybridized carbons (Fsp3) is 0.429. The smallest absolute Gasteiger partial charge is 0.231 e. The number of hydrogen-bond acceptors (Lipinski definition) is 5. The van der Waals surface area contributed by atoms with Crippen LogP contribution in [0.4, 0.5) is 0 Å². The Hall–Kier alpha value is -1.75. The number of halogens is 1. The van der Waals surface area contributed by atoms with Crippen molar-refractivity contribution in [2.45, 2.75) is 25.7 Å². The standard InChI is InChI=1S/C14H17N3O2.ClH/c1-2-4-14(15-7-3-1)17-16-9-11-5-6-12-13(8-11)19-10-18-12;/h5-6,8-9H,1-4,7,10H2,(H,15,17);1H/b16-9+;. The molecule has 0 atom stereocenters. The number of hydrogen-bond donors (Lipinski definition) is 1. The summed E-state index contributed by atoms with van der Waals surface area (Å²) in [5, 5.41) is 4.23. The van der Waals surface area contributed by atoms with Crippen molar-refractivity contribution in [2.75, 3.05) is 13.3 Å². The van der Waals surface area contributed by atoms with Crippen molar-refractivity contribution in [3.05, 3.63) is 23.8 Å². The minimum Gasteiger partial charge on any atom is -0.454 e. The number of hydrazone groups is 1. The molecule has 0 unspecified atom stereocenters. The highest BCUT2D eigenvalue weighted by Gasteiger charge is 2.12. The number of nitrogens with one attached hydrogen (secondary N) is 1. The molecular weight excluding hydrogens is 278 g/mol. The van der Waals surface area contributed by atoms with Gasteiger partial charge >= 0.3 is 0 Å². The summed E-state index contributed by atoms with van der Waals surface area (Å²) in [6.07, 6.45) is 6.37. The van der Waals surface area contributed by atoms with Crippen LogP contribution in [0.2, 0.25) is 0 Å². The van der Waals surface area contributed by atoms with E-state index < -0.39 is 0 Å². The van der Waals surface area contributed by atoms with Gasteiger partial charge in [-0.2, -0.15) is 5.10 Å². The minimum absolute atomic E-state index is 0. The first-order valence-electron chi connectivity index (χ1n) is 6.64. The van der Waals surface area contributed by atoms with E-state index in [-0.39, 0.29) is 12.4 Å². The third-order valence-corrected chi connectivity index (χ3v) is 3.18. The van der Waals surface area contributed by atoms with Crippen molar-refractivity contribution in [3.8, 4) is 11.5 Å². The first-order valence-corrected chi connectivity index (χ1v) is 6.64. The van der Waals surface area contributed by atoms with Crippen LogP contribution in [-0.2, 0) is 0 Å². The van der Waals surface area contributed by atoms with E-state index in [0.29, 0.717) is 6.79 Å². The van der Waals surface area contributed by atoms with Gasteiger partial charge in [0, 0.05) is 13.0 Å². The molecule has 20 heavy (non-hydrogen) atoms. The van der Waals surface area contributed by atoms with Gasteiger partial charge in [0.25, 0.3) is 0 Å². The summed E-state index contributed by atoms with van der Waals surface area (Å²) >= 11 is 0. The van der Waals surface area contributed by atoms with Crippen LogP contribution in [0.3, 0.4) is 0 Å². The van der Waals surface area contributed by atoms with Crippen LogP contribution in [0.1, 0.15) is 31.2 Å². The molecule has 1 N–H and O–H groups in total. The zero-order valence-electron chi connectivity index (χ0n) is 11.2. The molecule has 0 fully saturated rings. The van der Waals surface area contributed by atoms with Crippen molar-refractivity contribution in [1.29, 1.82) is 0 Å². The van der Waals surface area contributed by atoms with Crippen molar-refractivity contribution < 1.29 is 9.47 Å². The first-order chi connectivity index (χ1) is 9.42. The number of nitrogens with zero attached hydrogens (tertiary/aromatic N) is 2. The summed E-state index contributed by atoms with van der Waals surface area (Å²) in [5.41, 5.74) is 4.00. The van der Waals surface area contributed by atoms with Crippen LogP contribution in [0, 0.1) is 0 Å². The van der Waals surface area contributed by atoms with Crippen molar-refractivity contribution in [2.24, 2.45) is 10.1 Å². The molecule has 6 heteroatoms. The minimum atomic E-state index is 0. The Balaban J connectivity index is 0.00000147. The maximum Gasteiger partial charge on any atom is 0.231 e. The predicted molar refractivity (Wildman–Crippen MR) is 81.3 cm³/mol. The largest absolute Gasteiger partial charge is 0.454 e. The second kappa shape index (κ2) is 7.14. The molecule has 108 valence electrons. The van der Waals surface area contributed by atoms with Crippen molar-refractivity contribution >= 4 is 24.5 Å². The van der Waals surface area contributed by atoms with Gasteiger partial charge in [-0.3, -0.25) is 10.4 Å². The zero-order chi connectivity index (χ0) is 12.9. The normalized spacial score (nSPS) is 17.3. The molecule has 2 heterocycles. The van der Waals surface area contributed by atoms with Gasteiger partial charge in [-0.1, -0.05) is 6.42 Å². The first kappa shape index (κ1) is 14.7. The molecule has 0 spiro atoms. The second-order valence-corrected chi connectivity index (χ2v) is 4.62. The quantitative estimate of drug-likeness (QED) is 0.674. The monoisotopic (exact) mass is 295 g/mol. The lowest BCUT2D eigenvalue weighted by molar-refractivity contribution is 0.174. The molecular formula is C14H18ClN3O2. The number of benzene rings is 1. The van der Waals surface area contributed by atoms with E-state index in [1.54, 1.807) is 6.21 Å². The number of ether oxygens (including phenoxy) is 2. The van der Waals surface area contributed by atoms with Crippen molar-refractivity contribution in [3.63, 3.8) is 0 Å². The molecule has 3 rings (SSSR count). The van der Waals surface area contributed by atoms with E-state index in [1.165, 1.54) is 19.3 Å². The number of rotatable bonds is 2. The molecule has 0 radical (unpaired) electrons. The average Bonchev–Trinajstić information content (AvgIpc) is 2.74. The Morgan fingerprint density at radius 3 is 3.00 bits per heavy atom. The van der Waals surface area contributed by atoms with Gasteiger partial charge < -0.3 is 9.47 Å². The van der Waals surface area contributed by atoms with Crippen LogP contribution >= 0.6 is 12.4 Å². The molecule has 5 nitrogen and oxygen atoms in total. The van der Waals surface area contributed by atoms with E-state index >= 15 is 0 Å². The van der Waals surface area contributed by atoms with Crippen LogP contribution in [0.15, 0.2) is 28.3 Å². The molecule has 0 amide bonds. The SMILES string of the molecule is C(=N\NC1=NCCCCC1)/c1ccc2c(c1)OCO2.Cl. The van der Waals surface area contributed by atoms with Crippen LogP contribution in [-0.4, -0.2) is 25.4 Å². The van der Waals surface area contributed by atoms with Crippen molar-refractivity contribution in [1.82, 2.24) is 5.43 Å². The molecule has 1 aromatic rings.